The zero-order valence-electron chi connectivity index (χ0n) is 11.0. The normalized spacial score (nSPS) is 10.5. The van der Waals surface area contributed by atoms with Gasteiger partial charge in [0.05, 0.1) is 6.61 Å². The molecule has 0 amide bonds. The highest BCUT2D eigenvalue weighted by molar-refractivity contribution is 9.10. The van der Waals surface area contributed by atoms with E-state index in [1.807, 2.05) is 29.6 Å². The van der Waals surface area contributed by atoms with Crippen molar-refractivity contribution in [2.75, 3.05) is 6.61 Å². The van der Waals surface area contributed by atoms with Gasteiger partial charge in [-0.05, 0) is 57.7 Å². The molecule has 0 N–H and O–H groups in total. The largest absolute Gasteiger partial charge is 0.550 e. The van der Waals surface area contributed by atoms with Gasteiger partial charge in [-0.1, -0.05) is 6.92 Å². The quantitative estimate of drug-likeness (QED) is 0.800. The van der Waals surface area contributed by atoms with Gasteiger partial charge in [0.1, 0.15) is 5.75 Å². The van der Waals surface area contributed by atoms with E-state index in [9.17, 15) is 9.90 Å². The fourth-order valence-electron chi connectivity index (χ4n) is 1.84. The van der Waals surface area contributed by atoms with E-state index in [4.69, 9.17) is 4.74 Å². The maximum Gasteiger partial charge on any atom is 0.119 e. The van der Waals surface area contributed by atoms with Gasteiger partial charge in [-0.3, -0.25) is 0 Å². The Morgan fingerprint density at radius 3 is 2.65 bits per heavy atom. The Morgan fingerprint density at radius 2 is 2.05 bits per heavy atom. The van der Waals surface area contributed by atoms with Gasteiger partial charge in [-0.25, -0.2) is 0 Å². The van der Waals surface area contributed by atoms with Gasteiger partial charge < -0.3 is 14.6 Å². The molecule has 1 heterocycles. The molecule has 0 saturated carbocycles. The van der Waals surface area contributed by atoms with Crippen molar-refractivity contribution in [1.29, 1.82) is 0 Å². The number of rotatable bonds is 6. The highest BCUT2D eigenvalue weighted by Crippen LogP contribution is 2.36. The van der Waals surface area contributed by atoms with Crippen LogP contribution in [0.2, 0.25) is 0 Å². The van der Waals surface area contributed by atoms with Crippen LogP contribution >= 0.6 is 27.3 Å². The molecule has 3 nitrogen and oxygen atoms in total. The molecular formula is C15H14BrO3S-. The third kappa shape index (κ3) is 3.61. The van der Waals surface area contributed by atoms with Crippen LogP contribution in [-0.2, 0) is 11.2 Å². The molecule has 0 aliphatic carbocycles. The Bertz CT molecular complexity index is 590. The van der Waals surface area contributed by atoms with E-state index in [1.165, 1.54) is 11.3 Å². The number of carboxylic acid groups (broad SMARTS) is 1. The first-order chi connectivity index (χ1) is 9.61. The zero-order valence-corrected chi connectivity index (χ0v) is 13.4. The molecule has 0 radical (unpaired) electrons. The number of carbonyl (C=O) groups is 1. The first-order valence-electron chi connectivity index (χ1n) is 6.30. The minimum Gasteiger partial charge on any atom is -0.550 e. The van der Waals surface area contributed by atoms with Crippen molar-refractivity contribution in [3.63, 3.8) is 0 Å². The van der Waals surface area contributed by atoms with Crippen LogP contribution in [0.3, 0.4) is 0 Å². The molecule has 0 atom stereocenters. The van der Waals surface area contributed by atoms with Gasteiger partial charge in [0.15, 0.2) is 0 Å². The third-order valence-corrected chi connectivity index (χ3v) is 4.84. The lowest BCUT2D eigenvalue weighted by Crippen LogP contribution is -2.24. The van der Waals surface area contributed by atoms with Crippen molar-refractivity contribution < 1.29 is 14.6 Å². The lowest BCUT2D eigenvalue weighted by atomic mass is 10.1. The molecule has 1 aromatic heterocycles. The van der Waals surface area contributed by atoms with E-state index in [1.54, 1.807) is 0 Å². The molecule has 2 rings (SSSR count). The number of carboxylic acids is 1. The number of benzene rings is 1. The standard InChI is InChI=1S/C15H15BrO3S/c1-2-7-19-11-5-3-10(4-6-11)15-12(8-14(17)18)13(16)9-20-15/h3-6,9H,2,7-8H2,1H3,(H,17,18)/p-1. The summed E-state index contributed by atoms with van der Waals surface area (Å²) in [6, 6.07) is 7.70. The van der Waals surface area contributed by atoms with Crippen LogP contribution in [0.5, 0.6) is 5.75 Å². The number of aliphatic carboxylic acids is 1. The first-order valence-corrected chi connectivity index (χ1v) is 7.98. The molecule has 20 heavy (non-hydrogen) atoms. The SMILES string of the molecule is CCCOc1ccc(-c2scc(Br)c2CC(=O)[O-])cc1. The summed E-state index contributed by atoms with van der Waals surface area (Å²) in [6.45, 7) is 2.75. The van der Waals surface area contributed by atoms with Gasteiger partial charge in [-0.2, -0.15) is 0 Å². The molecule has 0 spiro atoms. The van der Waals surface area contributed by atoms with E-state index in [2.05, 4.69) is 22.9 Å². The molecule has 0 aliphatic rings. The summed E-state index contributed by atoms with van der Waals surface area (Å²) in [7, 11) is 0. The molecule has 0 saturated heterocycles. The van der Waals surface area contributed by atoms with Gasteiger partial charge >= 0.3 is 0 Å². The van der Waals surface area contributed by atoms with Crippen molar-refractivity contribution in [2.45, 2.75) is 19.8 Å². The van der Waals surface area contributed by atoms with E-state index in [0.717, 1.165) is 32.6 Å². The van der Waals surface area contributed by atoms with Crippen LogP contribution in [0.25, 0.3) is 10.4 Å². The number of thiophene rings is 1. The fraction of sp³-hybridized carbons (Fsp3) is 0.267. The molecule has 106 valence electrons. The van der Waals surface area contributed by atoms with Crippen molar-refractivity contribution in [2.24, 2.45) is 0 Å². The van der Waals surface area contributed by atoms with Crippen LogP contribution in [0, 0.1) is 0 Å². The predicted octanol–water partition coefficient (Wildman–Crippen LogP) is 3.26. The highest BCUT2D eigenvalue weighted by Gasteiger charge is 2.12. The summed E-state index contributed by atoms with van der Waals surface area (Å²) in [5.74, 6) is -0.249. The van der Waals surface area contributed by atoms with E-state index in [-0.39, 0.29) is 6.42 Å². The van der Waals surface area contributed by atoms with Crippen LogP contribution in [0.1, 0.15) is 18.9 Å². The number of carbonyl (C=O) groups excluding carboxylic acids is 1. The second kappa shape index (κ2) is 6.90. The Labute approximate surface area is 130 Å². The molecular weight excluding hydrogens is 340 g/mol. The minimum absolute atomic E-state index is 0.0898. The number of ether oxygens (including phenoxy) is 1. The zero-order chi connectivity index (χ0) is 14.5. The van der Waals surface area contributed by atoms with Crippen molar-refractivity contribution in [3.05, 3.63) is 39.7 Å². The third-order valence-electron chi connectivity index (χ3n) is 2.75. The number of halogens is 1. The Morgan fingerprint density at radius 1 is 1.35 bits per heavy atom. The van der Waals surface area contributed by atoms with Crippen LogP contribution < -0.4 is 9.84 Å². The van der Waals surface area contributed by atoms with Gasteiger partial charge in [0, 0.05) is 27.1 Å². The maximum absolute atomic E-state index is 10.8. The van der Waals surface area contributed by atoms with E-state index < -0.39 is 5.97 Å². The second-order valence-corrected chi connectivity index (χ2v) is 6.05. The van der Waals surface area contributed by atoms with Gasteiger partial charge in [0.25, 0.3) is 0 Å². The van der Waals surface area contributed by atoms with Crippen molar-refractivity contribution in [3.8, 4) is 16.2 Å². The lowest BCUT2D eigenvalue weighted by Gasteiger charge is -2.08. The van der Waals surface area contributed by atoms with Gasteiger partial charge in [0.2, 0.25) is 0 Å². The minimum atomic E-state index is -1.08. The predicted molar refractivity (Wildman–Crippen MR) is 82.0 cm³/mol. The van der Waals surface area contributed by atoms with E-state index >= 15 is 0 Å². The monoisotopic (exact) mass is 353 g/mol. The van der Waals surface area contributed by atoms with Gasteiger partial charge in [-0.15, -0.1) is 11.3 Å². The summed E-state index contributed by atoms with van der Waals surface area (Å²) in [5, 5.41) is 12.7. The smallest absolute Gasteiger partial charge is 0.119 e. The summed E-state index contributed by atoms with van der Waals surface area (Å²) in [4.78, 5) is 11.8. The highest BCUT2D eigenvalue weighted by atomic mass is 79.9. The maximum atomic E-state index is 10.8. The molecule has 1 aromatic carbocycles. The summed E-state index contributed by atoms with van der Waals surface area (Å²) < 4.78 is 6.35. The average Bonchev–Trinajstić information content (AvgIpc) is 2.78. The Hall–Kier alpha value is -1.33. The number of hydrogen-bond acceptors (Lipinski definition) is 4. The number of hydrogen-bond donors (Lipinski definition) is 0. The fourth-order valence-corrected chi connectivity index (χ4v) is 3.55. The van der Waals surface area contributed by atoms with Crippen LogP contribution in [0.15, 0.2) is 34.1 Å². The molecule has 0 aliphatic heterocycles. The van der Waals surface area contributed by atoms with E-state index in [0.29, 0.717) is 6.61 Å². The molecule has 0 fully saturated rings. The molecule has 0 unspecified atom stereocenters. The average molecular weight is 354 g/mol. The Balaban J connectivity index is 2.25. The molecule has 0 bridgehead atoms. The van der Waals surface area contributed by atoms with Crippen molar-refractivity contribution >= 4 is 33.2 Å². The Kier molecular flexibility index (Phi) is 5.20. The van der Waals surface area contributed by atoms with Crippen molar-refractivity contribution in [1.82, 2.24) is 0 Å². The topological polar surface area (TPSA) is 49.4 Å². The van der Waals surface area contributed by atoms with Crippen LogP contribution in [0.4, 0.5) is 0 Å². The second-order valence-electron chi connectivity index (χ2n) is 4.31. The first kappa shape index (κ1) is 15.1. The van der Waals surface area contributed by atoms with Crippen LogP contribution in [-0.4, -0.2) is 12.6 Å². The lowest BCUT2D eigenvalue weighted by molar-refractivity contribution is -0.304. The summed E-state index contributed by atoms with van der Waals surface area (Å²) in [6.07, 6.45) is 0.878. The molecule has 2 aromatic rings. The summed E-state index contributed by atoms with van der Waals surface area (Å²) >= 11 is 4.90. The summed E-state index contributed by atoms with van der Waals surface area (Å²) in [5.41, 5.74) is 1.75. The molecule has 5 heteroatoms.